The SMILES string of the molecule is O=C(CCN1CCN(C(=O)[C@@H]2CCCO2)CC1)Nc1ccccc1. The number of anilines is 1. The molecule has 1 aromatic rings. The van der Waals surface area contributed by atoms with Crippen LogP contribution in [0.2, 0.25) is 0 Å². The number of para-hydroxylation sites is 1. The van der Waals surface area contributed by atoms with Crippen molar-refractivity contribution in [2.75, 3.05) is 44.6 Å². The molecule has 2 aliphatic heterocycles. The highest BCUT2D eigenvalue weighted by Crippen LogP contribution is 2.16. The third-order valence-corrected chi connectivity index (χ3v) is 4.60. The first-order valence-electron chi connectivity index (χ1n) is 8.70. The van der Waals surface area contributed by atoms with E-state index in [4.69, 9.17) is 4.74 Å². The number of amides is 2. The van der Waals surface area contributed by atoms with Gasteiger partial charge in [0.2, 0.25) is 5.91 Å². The number of carbonyl (C=O) groups is 2. The summed E-state index contributed by atoms with van der Waals surface area (Å²) in [6.45, 7) is 4.50. The Labute approximate surface area is 142 Å². The number of piperazine rings is 1. The first-order valence-corrected chi connectivity index (χ1v) is 8.70. The van der Waals surface area contributed by atoms with Crippen LogP contribution in [-0.4, -0.2) is 67.0 Å². The van der Waals surface area contributed by atoms with E-state index < -0.39 is 0 Å². The average Bonchev–Trinajstić information content (AvgIpc) is 3.15. The first kappa shape index (κ1) is 16.9. The second kappa shape index (κ2) is 8.26. The molecule has 0 unspecified atom stereocenters. The Morgan fingerprint density at radius 3 is 2.54 bits per heavy atom. The molecule has 0 saturated carbocycles. The monoisotopic (exact) mass is 331 g/mol. The fraction of sp³-hybridized carbons (Fsp3) is 0.556. The summed E-state index contributed by atoms with van der Waals surface area (Å²) in [6.07, 6.45) is 2.06. The molecule has 0 bridgehead atoms. The lowest BCUT2D eigenvalue weighted by Gasteiger charge is -2.35. The third-order valence-electron chi connectivity index (χ3n) is 4.60. The van der Waals surface area contributed by atoms with E-state index in [0.29, 0.717) is 13.0 Å². The van der Waals surface area contributed by atoms with Gasteiger partial charge in [0.1, 0.15) is 6.10 Å². The zero-order valence-electron chi connectivity index (χ0n) is 13.9. The summed E-state index contributed by atoms with van der Waals surface area (Å²) in [5, 5.41) is 2.90. The van der Waals surface area contributed by atoms with Crippen LogP contribution in [0.4, 0.5) is 5.69 Å². The van der Waals surface area contributed by atoms with Crippen LogP contribution < -0.4 is 5.32 Å². The largest absolute Gasteiger partial charge is 0.368 e. The van der Waals surface area contributed by atoms with Crippen molar-refractivity contribution in [1.29, 1.82) is 0 Å². The molecule has 1 N–H and O–H groups in total. The van der Waals surface area contributed by atoms with E-state index in [9.17, 15) is 9.59 Å². The van der Waals surface area contributed by atoms with Crippen molar-refractivity contribution in [1.82, 2.24) is 9.80 Å². The molecule has 6 nitrogen and oxygen atoms in total. The van der Waals surface area contributed by atoms with Gasteiger partial charge in [0, 0.05) is 51.4 Å². The zero-order chi connectivity index (χ0) is 16.8. The van der Waals surface area contributed by atoms with Gasteiger partial charge >= 0.3 is 0 Å². The predicted molar refractivity (Wildman–Crippen MR) is 91.7 cm³/mol. The van der Waals surface area contributed by atoms with Crippen LogP contribution in [0.15, 0.2) is 30.3 Å². The summed E-state index contributed by atoms with van der Waals surface area (Å²) in [5.74, 6) is 0.160. The van der Waals surface area contributed by atoms with Crippen LogP contribution in [0, 0.1) is 0 Å². The molecule has 0 spiro atoms. The standard InChI is InChI=1S/C18H25N3O3/c22-17(19-15-5-2-1-3-6-15)8-9-20-10-12-21(13-11-20)18(23)16-7-4-14-24-16/h1-3,5-6,16H,4,7-14H2,(H,19,22)/t16-/m0/s1. The normalized spacial score (nSPS) is 21.7. The van der Waals surface area contributed by atoms with Gasteiger partial charge in [-0.3, -0.25) is 14.5 Å². The topological polar surface area (TPSA) is 61.9 Å². The Hall–Kier alpha value is -1.92. The second-order valence-corrected chi connectivity index (χ2v) is 6.33. The van der Waals surface area contributed by atoms with Crippen molar-refractivity contribution in [3.8, 4) is 0 Å². The van der Waals surface area contributed by atoms with Gasteiger partial charge in [-0.15, -0.1) is 0 Å². The number of hydrogen-bond acceptors (Lipinski definition) is 4. The highest BCUT2D eigenvalue weighted by Gasteiger charge is 2.30. The molecule has 6 heteroatoms. The number of nitrogens with zero attached hydrogens (tertiary/aromatic N) is 2. The van der Waals surface area contributed by atoms with Gasteiger partial charge in [-0.25, -0.2) is 0 Å². The molecular weight excluding hydrogens is 306 g/mol. The molecule has 2 amide bonds. The van der Waals surface area contributed by atoms with Gasteiger partial charge in [-0.2, -0.15) is 0 Å². The minimum atomic E-state index is -0.229. The van der Waals surface area contributed by atoms with E-state index >= 15 is 0 Å². The van der Waals surface area contributed by atoms with Crippen LogP contribution in [-0.2, 0) is 14.3 Å². The van der Waals surface area contributed by atoms with Crippen LogP contribution >= 0.6 is 0 Å². The summed E-state index contributed by atoms with van der Waals surface area (Å²) in [4.78, 5) is 28.4. The lowest BCUT2D eigenvalue weighted by atomic mass is 10.2. The average molecular weight is 331 g/mol. The fourth-order valence-corrected chi connectivity index (χ4v) is 3.17. The van der Waals surface area contributed by atoms with Crippen molar-refractivity contribution >= 4 is 17.5 Å². The van der Waals surface area contributed by atoms with Gasteiger partial charge in [0.05, 0.1) is 0 Å². The number of hydrogen-bond donors (Lipinski definition) is 1. The molecule has 2 fully saturated rings. The number of benzene rings is 1. The van der Waals surface area contributed by atoms with Crippen LogP contribution in [0.25, 0.3) is 0 Å². The zero-order valence-corrected chi connectivity index (χ0v) is 13.9. The molecule has 2 heterocycles. The van der Waals surface area contributed by atoms with Crippen molar-refractivity contribution < 1.29 is 14.3 Å². The van der Waals surface area contributed by atoms with Crippen molar-refractivity contribution in [2.24, 2.45) is 0 Å². The molecule has 1 aromatic carbocycles. The molecule has 24 heavy (non-hydrogen) atoms. The quantitative estimate of drug-likeness (QED) is 0.884. The van der Waals surface area contributed by atoms with Crippen molar-refractivity contribution in [3.63, 3.8) is 0 Å². The van der Waals surface area contributed by atoms with E-state index in [1.165, 1.54) is 0 Å². The highest BCUT2D eigenvalue weighted by molar-refractivity contribution is 5.90. The Kier molecular flexibility index (Phi) is 5.82. The summed E-state index contributed by atoms with van der Waals surface area (Å²) in [6, 6.07) is 9.49. The predicted octanol–water partition coefficient (Wildman–Crippen LogP) is 1.34. The lowest BCUT2D eigenvalue weighted by molar-refractivity contribution is -0.142. The van der Waals surface area contributed by atoms with Crippen LogP contribution in [0.5, 0.6) is 0 Å². The Morgan fingerprint density at radius 1 is 1.12 bits per heavy atom. The number of nitrogens with one attached hydrogen (secondary N) is 1. The molecular formula is C18H25N3O3. The number of ether oxygens (including phenoxy) is 1. The van der Waals surface area contributed by atoms with Gasteiger partial charge in [0.15, 0.2) is 0 Å². The fourth-order valence-electron chi connectivity index (χ4n) is 3.17. The Morgan fingerprint density at radius 2 is 1.88 bits per heavy atom. The van der Waals surface area contributed by atoms with Gasteiger partial charge in [-0.05, 0) is 25.0 Å². The maximum absolute atomic E-state index is 12.3. The summed E-state index contributed by atoms with van der Waals surface area (Å²) in [5.41, 5.74) is 0.828. The van der Waals surface area contributed by atoms with Crippen molar-refractivity contribution in [3.05, 3.63) is 30.3 Å². The van der Waals surface area contributed by atoms with Crippen LogP contribution in [0.3, 0.4) is 0 Å². The summed E-state index contributed by atoms with van der Waals surface area (Å²) >= 11 is 0. The highest BCUT2D eigenvalue weighted by atomic mass is 16.5. The molecule has 2 aliphatic rings. The van der Waals surface area contributed by atoms with E-state index in [2.05, 4.69) is 10.2 Å². The number of carbonyl (C=O) groups excluding carboxylic acids is 2. The van der Waals surface area contributed by atoms with Crippen molar-refractivity contribution in [2.45, 2.75) is 25.4 Å². The molecule has 0 aromatic heterocycles. The molecule has 3 rings (SSSR count). The molecule has 0 aliphatic carbocycles. The smallest absolute Gasteiger partial charge is 0.251 e. The van der Waals surface area contributed by atoms with Gasteiger partial charge < -0.3 is 15.0 Å². The van der Waals surface area contributed by atoms with E-state index in [1.54, 1.807) is 0 Å². The van der Waals surface area contributed by atoms with E-state index in [0.717, 1.165) is 51.3 Å². The first-order chi connectivity index (χ1) is 11.7. The summed E-state index contributed by atoms with van der Waals surface area (Å²) in [7, 11) is 0. The van der Waals surface area contributed by atoms with Gasteiger partial charge in [0.25, 0.3) is 5.91 Å². The molecule has 0 radical (unpaired) electrons. The minimum Gasteiger partial charge on any atom is -0.368 e. The van der Waals surface area contributed by atoms with E-state index in [-0.39, 0.29) is 17.9 Å². The second-order valence-electron chi connectivity index (χ2n) is 6.33. The van der Waals surface area contributed by atoms with Gasteiger partial charge in [-0.1, -0.05) is 18.2 Å². The Balaban J connectivity index is 1.36. The minimum absolute atomic E-state index is 0.0269. The summed E-state index contributed by atoms with van der Waals surface area (Å²) < 4.78 is 5.47. The maximum atomic E-state index is 12.3. The van der Waals surface area contributed by atoms with Crippen LogP contribution in [0.1, 0.15) is 19.3 Å². The lowest BCUT2D eigenvalue weighted by Crippen LogP contribution is -2.51. The third kappa shape index (κ3) is 4.55. The Bertz CT molecular complexity index is 550. The molecule has 130 valence electrons. The maximum Gasteiger partial charge on any atom is 0.251 e. The molecule has 2 saturated heterocycles. The van der Waals surface area contributed by atoms with E-state index in [1.807, 2.05) is 35.2 Å². The number of rotatable bonds is 5. The molecule has 1 atom stereocenters.